The standard InChI is InChI=1S/C15H16F3N3O4/c1-19-12(22)8-2-5-11(14(24)25)21(7-8)13(23)10-4-3-9(6-20-10)15(16,17)18/h3-4,6,8,11H,2,5,7H2,1H3,(H,19,22)(H,24,25)/t8-,11-/m0/s1. The highest BCUT2D eigenvalue weighted by atomic mass is 19.4. The Balaban J connectivity index is 2.26. The summed E-state index contributed by atoms with van der Waals surface area (Å²) in [5.41, 5.74) is -1.32. The van der Waals surface area contributed by atoms with E-state index in [1.807, 2.05) is 0 Å². The van der Waals surface area contributed by atoms with Gasteiger partial charge < -0.3 is 15.3 Å². The van der Waals surface area contributed by atoms with Gasteiger partial charge in [0.05, 0.1) is 11.5 Å². The van der Waals surface area contributed by atoms with Crippen LogP contribution in [0.1, 0.15) is 28.9 Å². The van der Waals surface area contributed by atoms with Crippen LogP contribution < -0.4 is 5.32 Å². The molecule has 2 rings (SSSR count). The summed E-state index contributed by atoms with van der Waals surface area (Å²) in [4.78, 5) is 40.1. The molecule has 2 heterocycles. The first-order valence-electron chi connectivity index (χ1n) is 7.43. The van der Waals surface area contributed by atoms with Crippen LogP contribution in [0.4, 0.5) is 13.2 Å². The Labute approximate surface area is 140 Å². The molecule has 7 nitrogen and oxygen atoms in total. The van der Waals surface area contributed by atoms with E-state index in [0.717, 1.165) is 11.0 Å². The van der Waals surface area contributed by atoms with Gasteiger partial charge >= 0.3 is 12.1 Å². The van der Waals surface area contributed by atoms with Gasteiger partial charge in [-0.2, -0.15) is 13.2 Å². The van der Waals surface area contributed by atoms with Crippen LogP contribution in [0.25, 0.3) is 0 Å². The molecule has 0 aromatic carbocycles. The largest absolute Gasteiger partial charge is 0.480 e. The molecule has 1 aliphatic heterocycles. The number of carboxylic acids is 1. The van der Waals surface area contributed by atoms with Gasteiger partial charge in [0.15, 0.2) is 0 Å². The summed E-state index contributed by atoms with van der Waals surface area (Å²) in [5, 5.41) is 11.7. The number of nitrogens with zero attached hydrogens (tertiary/aromatic N) is 2. The smallest absolute Gasteiger partial charge is 0.417 e. The predicted octanol–water partition coefficient (Wildman–Crippen LogP) is 1.15. The van der Waals surface area contributed by atoms with Crippen LogP contribution in [-0.2, 0) is 15.8 Å². The molecule has 0 spiro atoms. The highest BCUT2D eigenvalue weighted by Gasteiger charge is 2.39. The van der Waals surface area contributed by atoms with E-state index in [4.69, 9.17) is 0 Å². The molecule has 1 fully saturated rings. The maximum absolute atomic E-state index is 12.6. The second-order valence-corrected chi connectivity index (χ2v) is 5.63. The molecule has 0 radical (unpaired) electrons. The van der Waals surface area contributed by atoms with Gasteiger partial charge in [-0.1, -0.05) is 0 Å². The summed E-state index contributed by atoms with van der Waals surface area (Å²) in [7, 11) is 1.43. The topological polar surface area (TPSA) is 99.6 Å². The van der Waals surface area contributed by atoms with Crippen LogP contribution in [0, 0.1) is 5.92 Å². The number of amides is 2. The second kappa shape index (κ2) is 7.08. The van der Waals surface area contributed by atoms with E-state index in [1.54, 1.807) is 0 Å². The maximum Gasteiger partial charge on any atom is 0.417 e. The molecule has 1 aliphatic rings. The number of aliphatic carboxylic acids is 1. The molecule has 25 heavy (non-hydrogen) atoms. The number of carboxylic acid groups (broad SMARTS) is 1. The van der Waals surface area contributed by atoms with Crippen LogP contribution in [0.2, 0.25) is 0 Å². The van der Waals surface area contributed by atoms with E-state index in [0.29, 0.717) is 18.7 Å². The highest BCUT2D eigenvalue weighted by Crippen LogP contribution is 2.29. The Morgan fingerprint density at radius 3 is 2.44 bits per heavy atom. The summed E-state index contributed by atoms with van der Waals surface area (Å²) in [6.45, 7) is -0.141. The molecular weight excluding hydrogens is 343 g/mol. The van der Waals surface area contributed by atoms with Crippen molar-refractivity contribution < 1.29 is 32.7 Å². The van der Waals surface area contributed by atoms with E-state index < -0.39 is 35.6 Å². The normalized spacial score (nSPS) is 20.9. The molecule has 10 heteroatoms. The first kappa shape index (κ1) is 18.7. The van der Waals surface area contributed by atoms with Gasteiger partial charge in [0.2, 0.25) is 5.91 Å². The molecule has 1 aromatic rings. The molecular formula is C15H16F3N3O4. The van der Waals surface area contributed by atoms with Crippen LogP contribution in [0.3, 0.4) is 0 Å². The number of pyridine rings is 1. The zero-order chi connectivity index (χ0) is 18.8. The Morgan fingerprint density at radius 2 is 1.96 bits per heavy atom. The van der Waals surface area contributed by atoms with Crippen LogP contribution in [-0.4, -0.2) is 52.4 Å². The quantitative estimate of drug-likeness (QED) is 0.843. The Morgan fingerprint density at radius 1 is 1.28 bits per heavy atom. The van der Waals surface area contributed by atoms with Crippen LogP contribution in [0.5, 0.6) is 0 Å². The lowest BCUT2D eigenvalue weighted by Gasteiger charge is -2.36. The molecule has 0 saturated carbocycles. The fourth-order valence-electron chi connectivity index (χ4n) is 2.71. The number of halogens is 3. The molecule has 2 atom stereocenters. The first-order chi connectivity index (χ1) is 11.6. The number of carbonyl (C=O) groups excluding carboxylic acids is 2. The lowest BCUT2D eigenvalue weighted by atomic mass is 9.91. The van der Waals surface area contributed by atoms with Crippen molar-refractivity contribution in [2.24, 2.45) is 5.92 Å². The number of nitrogens with one attached hydrogen (secondary N) is 1. The van der Waals surface area contributed by atoms with Crippen molar-refractivity contribution in [2.45, 2.75) is 25.1 Å². The Hall–Kier alpha value is -2.65. The monoisotopic (exact) mass is 359 g/mol. The van der Waals surface area contributed by atoms with Gasteiger partial charge in [-0.05, 0) is 25.0 Å². The molecule has 2 amide bonds. The molecule has 1 saturated heterocycles. The summed E-state index contributed by atoms with van der Waals surface area (Å²) >= 11 is 0. The number of rotatable bonds is 3. The van der Waals surface area contributed by atoms with Gasteiger partial charge in [-0.25, -0.2) is 4.79 Å². The average molecular weight is 359 g/mol. The average Bonchev–Trinajstić information content (AvgIpc) is 2.59. The van der Waals surface area contributed by atoms with Crippen molar-refractivity contribution in [3.05, 3.63) is 29.6 Å². The Kier molecular flexibility index (Phi) is 5.29. The molecule has 0 unspecified atom stereocenters. The van der Waals surface area contributed by atoms with E-state index in [9.17, 15) is 32.7 Å². The fourth-order valence-corrected chi connectivity index (χ4v) is 2.71. The molecule has 0 aliphatic carbocycles. The molecule has 0 bridgehead atoms. The van der Waals surface area contributed by atoms with Crippen LogP contribution in [0.15, 0.2) is 18.3 Å². The third-order valence-corrected chi connectivity index (χ3v) is 4.05. The van der Waals surface area contributed by atoms with Crippen molar-refractivity contribution in [3.63, 3.8) is 0 Å². The summed E-state index contributed by atoms with van der Waals surface area (Å²) < 4.78 is 37.7. The highest BCUT2D eigenvalue weighted by molar-refractivity contribution is 5.95. The van der Waals surface area contributed by atoms with Crippen molar-refractivity contribution >= 4 is 17.8 Å². The Bertz CT molecular complexity index is 676. The fraction of sp³-hybridized carbons (Fsp3) is 0.467. The van der Waals surface area contributed by atoms with E-state index in [2.05, 4.69) is 10.3 Å². The van der Waals surface area contributed by atoms with Crippen molar-refractivity contribution in [1.29, 1.82) is 0 Å². The number of likely N-dealkylation sites (tertiary alicyclic amines) is 1. The minimum Gasteiger partial charge on any atom is -0.480 e. The third-order valence-electron chi connectivity index (χ3n) is 4.05. The van der Waals surface area contributed by atoms with Gasteiger partial charge in [-0.15, -0.1) is 0 Å². The number of piperidine rings is 1. The lowest BCUT2D eigenvalue weighted by molar-refractivity contribution is -0.145. The predicted molar refractivity (Wildman–Crippen MR) is 78.5 cm³/mol. The van der Waals surface area contributed by atoms with E-state index in [1.165, 1.54) is 7.05 Å². The first-order valence-corrected chi connectivity index (χ1v) is 7.43. The number of aromatic nitrogens is 1. The molecule has 2 N–H and O–H groups in total. The second-order valence-electron chi connectivity index (χ2n) is 5.63. The van der Waals surface area contributed by atoms with Gasteiger partial charge in [0.1, 0.15) is 11.7 Å². The van der Waals surface area contributed by atoms with Gasteiger partial charge in [0, 0.05) is 19.8 Å². The number of hydrogen-bond acceptors (Lipinski definition) is 4. The summed E-state index contributed by atoms with van der Waals surface area (Å²) in [5.74, 6) is -2.98. The van der Waals surface area contributed by atoms with Gasteiger partial charge in [0.25, 0.3) is 5.91 Å². The van der Waals surface area contributed by atoms with Crippen LogP contribution >= 0.6 is 0 Å². The number of alkyl halides is 3. The van der Waals surface area contributed by atoms with E-state index in [-0.39, 0.29) is 24.6 Å². The molecule has 136 valence electrons. The van der Waals surface area contributed by atoms with E-state index >= 15 is 0 Å². The number of carbonyl (C=O) groups is 3. The minimum atomic E-state index is -4.59. The summed E-state index contributed by atoms with van der Waals surface area (Å²) in [6, 6.07) is 0.446. The summed E-state index contributed by atoms with van der Waals surface area (Å²) in [6.07, 6.45) is -3.71. The zero-order valence-electron chi connectivity index (χ0n) is 13.2. The van der Waals surface area contributed by atoms with Gasteiger partial charge in [-0.3, -0.25) is 14.6 Å². The minimum absolute atomic E-state index is 0.0692. The zero-order valence-corrected chi connectivity index (χ0v) is 13.2. The SMILES string of the molecule is CNC(=O)[C@H]1CC[C@@H](C(=O)O)N(C(=O)c2ccc(C(F)(F)F)cn2)C1. The number of hydrogen-bond donors (Lipinski definition) is 2. The van der Waals surface area contributed by atoms with Crippen molar-refractivity contribution in [2.75, 3.05) is 13.6 Å². The molecule has 1 aromatic heterocycles. The van der Waals surface area contributed by atoms with Crippen molar-refractivity contribution in [3.8, 4) is 0 Å². The maximum atomic E-state index is 12.6. The van der Waals surface area contributed by atoms with Crippen molar-refractivity contribution in [1.82, 2.24) is 15.2 Å². The lowest BCUT2D eigenvalue weighted by Crippen LogP contribution is -2.53. The third kappa shape index (κ3) is 4.06.